The molecule has 1 aliphatic heterocycles. The lowest BCUT2D eigenvalue weighted by Gasteiger charge is -2.18. The van der Waals surface area contributed by atoms with Gasteiger partial charge in [-0.15, -0.1) is 0 Å². The molecule has 17 heavy (non-hydrogen) atoms. The first kappa shape index (κ1) is 10.5. The van der Waals surface area contributed by atoms with Crippen LogP contribution < -0.4 is 5.32 Å². The van der Waals surface area contributed by atoms with E-state index in [-0.39, 0.29) is 0 Å². The monoisotopic (exact) mass is 232 g/mol. The molecule has 0 aliphatic carbocycles. The normalized spacial score (nSPS) is 20.6. The molecule has 0 saturated carbocycles. The van der Waals surface area contributed by atoms with Crippen molar-refractivity contribution >= 4 is 0 Å². The fourth-order valence-electron chi connectivity index (χ4n) is 2.26. The van der Waals surface area contributed by atoms with Crippen molar-refractivity contribution in [3.05, 3.63) is 24.2 Å². The molecule has 5 heteroatoms. The van der Waals surface area contributed by atoms with Gasteiger partial charge < -0.3 is 14.4 Å². The van der Waals surface area contributed by atoms with E-state index in [2.05, 4.69) is 15.5 Å². The summed E-state index contributed by atoms with van der Waals surface area (Å²) >= 11 is 0. The lowest BCUT2D eigenvalue weighted by molar-refractivity contribution is 0.322. The zero-order valence-electron chi connectivity index (χ0n) is 9.89. The van der Waals surface area contributed by atoms with E-state index in [9.17, 15) is 0 Å². The number of rotatable bonds is 2. The molecule has 0 aromatic carbocycles. The second-order valence-electron chi connectivity index (χ2n) is 4.50. The minimum absolute atomic E-state index is 0.366. The van der Waals surface area contributed by atoms with Gasteiger partial charge in [0, 0.05) is 19.8 Å². The summed E-state index contributed by atoms with van der Waals surface area (Å²) in [5.74, 6) is 1.80. The summed E-state index contributed by atoms with van der Waals surface area (Å²) in [5.41, 5.74) is 0.990. The first-order valence-corrected chi connectivity index (χ1v) is 6.00. The predicted octanol–water partition coefficient (Wildman–Crippen LogP) is 1.54. The molecule has 0 radical (unpaired) electrons. The molecule has 1 unspecified atom stereocenters. The van der Waals surface area contributed by atoms with Crippen LogP contribution in [0.5, 0.6) is 0 Å². The second kappa shape index (κ2) is 4.33. The average molecular weight is 232 g/mol. The van der Waals surface area contributed by atoms with Gasteiger partial charge in [0.2, 0.25) is 11.7 Å². The highest BCUT2D eigenvalue weighted by molar-refractivity contribution is 5.49. The fourth-order valence-corrected chi connectivity index (χ4v) is 2.26. The Kier molecular flexibility index (Phi) is 2.68. The number of piperidine rings is 1. The molecule has 0 bridgehead atoms. The van der Waals surface area contributed by atoms with Crippen LogP contribution in [0.3, 0.4) is 0 Å². The number of aromatic nitrogens is 3. The Bertz CT molecular complexity index is 496. The van der Waals surface area contributed by atoms with Gasteiger partial charge in [0.1, 0.15) is 0 Å². The lowest BCUT2D eigenvalue weighted by atomic mass is 10.00. The molecule has 5 nitrogen and oxygen atoms in total. The van der Waals surface area contributed by atoms with Crippen LogP contribution in [0.1, 0.15) is 24.7 Å². The summed E-state index contributed by atoms with van der Waals surface area (Å²) in [5, 5.41) is 7.42. The fraction of sp³-hybridized carbons (Fsp3) is 0.500. The van der Waals surface area contributed by atoms with Crippen molar-refractivity contribution in [3.63, 3.8) is 0 Å². The average Bonchev–Trinajstić information content (AvgIpc) is 2.98. The van der Waals surface area contributed by atoms with E-state index in [4.69, 9.17) is 4.52 Å². The van der Waals surface area contributed by atoms with Gasteiger partial charge in [0.05, 0.1) is 11.6 Å². The van der Waals surface area contributed by atoms with E-state index in [0.717, 1.165) is 31.1 Å². The van der Waals surface area contributed by atoms with Crippen LogP contribution in [0.4, 0.5) is 0 Å². The van der Waals surface area contributed by atoms with Crippen LogP contribution in [0.25, 0.3) is 11.5 Å². The zero-order chi connectivity index (χ0) is 11.7. The molecule has 3 rings (SSSR count). The Morgan fingerprint density at radius 2 is 2.47 bits per heavy atom. The van der Waals surface area contributed by atoms with Crippen molar-refractivity contribution < 1.29 is 4.52 Å². The molecule has 3 heterocycles. The van der Waals surface area contributed by atoms with E-state index in [1.807, 2.05) is 29.9 Å². The molecule has 1 atom stereocenters. The van der Waals surface area contributed by atoms with Crippen LogP contribution in [0.2, 0.25) is 0 Å². The molecule has 1 fully saturated rings. The molecule has 1 aliphatic rings. The summed E-state index contributed by atoms with van der Waals surface area (Å²) < 4.78 is 7.36. The molecular formula is C12H16N4O. The number of hydrogen-bond donors (Lipinski definition) is 1. The summed E-state index contributed by atoms with van der Waals surface area (Å²) in [6.07, 6.45) is 4.28. The highest BCUT2D eigenvalue weighted by atomic mass is 16.5. The second-order valence-corrected chi connectivity index (χ2v) is 4.50. The maximum absolute atomic E-state index is 5.37. The van der Waals surface area contributed by atoms with Crippen molar-refractivity contribution in [3.8, 4) is 11.5 Å². The molecule has 1 saturated heterocycles. The maximum Gasteiger partial charge on any atom is 0.231 e. The predicted molar refractivity (Wildman–Crippen MR) is 63.5 cm³/mol. The SMILES string of the molecule is Cn1cccc1-c1noc(C2CCCNC2)n1. The highest BCUT2D eigenvalue weighted by Crippen LogP contribution is 2.24. The van der Waals surface area contributed by atoms with Crippen molar-refractivity contribution in [1.82, 2.24) is 20.0 Å². The van der Waals surface area contributed by atoms with Gasteiger partial charge in [-0.1, -0.05) is 5.16 Å². The minimum atomic E-state index is 0.366. The zero-order valence-corrected chi connectivity index (χ0v) is 9.89. The van der Waals surface area contributed by atoms with Crippen molar-refractivity contribution in [2.24, 2.45) is 7.05 Å². The largest absolute Gasteiger partial charge is 0.348 e. The lowest BCUT2D eigenvalue weighted by Crippen LogP contribution is -2.28. The number of aryl methyl sites for hydroxylation is 1. The van der Waals surface area contributed by atoms with Crippen molar-refractivity contribution in [2.75, 3.05) is 13.1 Å². The highest BCUT2D eigenvalue weighted by Gasteiger charge is 2.22. The first-order chi connectivity index (χ1) is 8.34. The van der Waals surface area contributed by atoms with Crippen molar-refractivity contribution in [1.29, 1.82) is 0 Å². The Morgan fingerprint density at radius 1 is 1.53 bits per heavy atom. The van der Waals surface area contributed by atoms with Gasteiger partial charge in [0.15, 0.2) is 0 Å². The van der Waals surface area contributed by atoms with E-state index in [1.54, 1.807) is 0 Å². The molecule has 2 aromatic heterocycles. The van der Waals surface area contributed by atoms with E-state index in [0.29, 0.717) is 11.7 Å². The summed E-state index contributed by atoms with van der Waals surface area (Å²) in [6.45, 7) is 2.03. The maximum atomic E-state index is 5.37. The van der Waals surface area contributed by atoms with Crippen LogP contribution >= 0.6 is 0 Å². The molecular weight excluding hydrogens is 216 g/mol. The Labute approximate surface area is 99.8 Å². The quantitative estimate of drug-likeness (QED) is 0.853. The van der Waals surface area contributed by atoms with Gasteiger partial charge in [-0.05, 0) is 31.5 Å². The molecule has 90 valence electrons. The molecule has 1 N–H and O–H groups in total. The molecule has 0 amide bonds. The van der Waals surface area contributed by atoms with E-state index >= 15 is 0 Å². The molecule has 2 aromatic rings. The third kappa shape index (κ3) is 1.98. The standard InChI is InChI=1S/C12H16N4O/c1-16-7-3-5-10(16)11-14-12(17-15-11)9-4-2-6-13-8-9/h3,5,7,9,13H,2,4,6,8H2,1H3. The van der Waals surface area contributed by atoms with Crippen LogP contribution in [-0.4, -0.2) is 27.8 Å². The Morgan fingerprint density at radius 3 is 3.18 bits per heavy atom. The smallest absolute Gasteiger partial charge is 0.231 e. The molecule has 0 spiro atoms. The number of nitrogens with one attached hydrogen (secondary N) is 1. The number of nitrogens with zero attached hydrogens (tertiary/aromatic N) is 3. The third-order valence-corrected chi connectivity index (χ3v) is 3.26. The van der Waals surface area contributed by atoms with Gasteiger partial charge in [-0.2, -0.15) is 4.98 Å². The topological polar surface area (TPSA) is 55.9 Å². The van der Waals surface area contributed by atoms with Gasteiger partial charge in [-0.25, -0.2) is 0 Å². The van der Waals surface area contributed by atoms with Crippen LogP contribution in [-0.2, 0) is 7.05 Å². The van der Waals surface area contributed by atoms with Crippen LogP contribution in [0.15, 0.2) is 22.9 Å². The van der Waals surface area contributed by atoms with E-state index < -0.39 is 0 Å². The summed E-state index contributed by atoms with van der Waals surface area (Å²) in [4.78, 5) is 4.50. The number of hydrogen-bond acceptors (Lipinski definition) is 4. The van der Waals surface area contributed by atoms with Crippen molar-refractivity contribution in [2.45, 2.75) is 18.8 Å². The van der Waals surface area contributed by atoms with Gasteiger partial charge in [-0.3, -0.25) is 0 Å². The van der Waals surface area contributed by atoms with Crippen LogP contribution in [0, 0.1) is 0 Å². The minimum Gasteiger partial charge on any atom is -0.348 e. The summed E-state index contributed by atoms with van der Waals surface area (Å²) in [7, 11) is 1.98. The first-order valence-electron chi connectivity index (χ1n) is 6.00. The van der Waals surface area contributed by atoms with E-state index in [1.165, 1.54) is 6.42 Å². The summed E-state index contributed by atoms with van der Waals surface area (Å²) in [6, 6.07) is 3.97. The Balaban J connectivity index is 1.85. The van der Waals surface area contributed by atoms with Gasteiger partial charge >= 0.3 is 0 Å². The third-order valence-electron chi connectivity index (χ3n) is 3.26. The Hall–Kier alpha value is -1.62. The van der Waals surface area contributed by atoms with Gasteiger partial charge in [0.25, 0.3) is 0 Å².